The van der Waals surface area contributed by atoms with E-state index in [0.717, 1.165) is 64.7 Å². The first kappa shape index (κ1) is 20.6. The van der Waals surface area contributed by atoms with E-state index < -0.39 is 0 Å². The van der Waals surface area contributed by atoms with Gasteiger partial charge in [0, 0.05) is 32.7 Å². The lowest BCUT2D eigenvalue weighted by atomic mass is 9.99. The van der Waals surface area contributed by atoms with E-state index in [4.69, 9.17) is 10.5 Å². The zero-order valence-corrected chi connectivity index (χ0v) is 16.7. The van der Waals surface area contributed by atoms with Gasteiger partial charge in [-0.2, -0.15) is 0 Å². The molecular formula is C22H33N3O3. The Kier molecular flexibility index (Phi) is 7.71. The lowest BCUT2D eigenvalue weighted by Crippen LogP contribution is -2.34. The Bertz CT molecular complexity index is 658. The monoisotopic (exact) mass is 387 g/mol. The quantitative estimate of drug-likeness (QED) is 0.636. The number of nitrogens with zero attached hydrogens (tertiary/aromatic N) is 1. The van der Waals surface area contributed by atoms with Gasteiger partial charge in [-0.25, -0.2) is 4.79 Å². The lowest BCUT2D eigenvalue weighted by Gasteiger charge is -2.23. The van der Waals surface area contributed by atoms with E-state index in [1.165, 1.54) is 11.1 Å². The fourth-order valence-corrected chi connectivity index (χ4v) is 4.28. The van der Waals surface area contributed by atoms with Crippen LogP contribution in [0.5, 0.6) is 0 Å². The molecule has 154 valence electrons. The van der Waals surface area contributed by atoms with Gasteiger partial charge in [0.25, 0.3) is 0 Å². The molecule has 2 aliphatic rings. The molecule has 6 heteroatoms. The van der Waals surface area contributed by atoms with E-state index in [0.29, 0.717) is 18.9 Å². The summed E-state index contributed by atoms with van der Waals surface area (Å²) in [6, 6.07) is 7.96. The van der Waals surface area contributed by atoms with Gasteiger partial charge >= 0.3 is 6.03 Å². The third kappa shape index (κ3) is 5.71. The van der Waals surface area contributed by atoms with Crippen LogP contribution in [-0.2, 0) is 16.1 Å². The Morgan fingerprint density at radius 1 is 1.11 bits per heavy atom. The van der Waals surface area contributed by atoms with Crippen molar-refractivity contribution in [3.8, 4) is 0 Å². The SMILES string of the molecule is NC(=O)N1Cc2ccccc2C1CCCCCCC(=O)NCC1CCOCC1. The summed E-state index contributed by atoms with van der Waals surface area (Å²) in [7, 11) is 0. The smallest absolute Gasteiger partial charge is 0.315 e. The van der Waals surface area contributed by atoms with Crippen molar-refractivity contribution in [1.82, 2.24) is 10.2 Å². The molecule has 3 amide bonds. The van der Waals surface area contributed by atoms with Gasteiger partial charge in [0.1, 0.15) is 0 Å². The number of nitrogens with one attached hydrogen (secondary N) is 1. The van der Waals surface area contributed by atoms with Crippen molar-refractivity contribution in [3.05, 3.63) is 35.4 Å². The highest BCUT2D eigenvalue weighted by Crippen LogP contribution is 2.36. The largest absolute Gasteiger partial charge is 0.381 e. The Morgan fingerprint density at radius 2 is 1.86 bits per heavy atom. The number of carbonyl (C=O) groups excluding carboxylic acids is 2. The molecule has 0 spiro atoms. The van der Waals surface area contributed by atoms with Crippen molar-refractivity contribution in [1.29, 1.82) is 0 Å². The molecule has 28 heavy (non-hydrogen) atoms. The van der Waals surface area contributed by atoms with Gasteiger partial charge < -0.3 is 20.7 Å². The van der Waals surface area contributed by atoms with Gasteiger partial charge in [-0.3, -0.25) is 4.79 Å². The summed E-state index contributed by atoms with van der Waals surface area (Å²) < 4.78 is 5.34. The Balaban J connectivity index is 1.30. The van der Waals surface area contributed by atoms with Crippen LogP contribution in [0.3, 0.4) is 0 Å². The van der Waals surface area contributed by atoms with Crippen molar-refractivity contribution < 1.29 is 14.3 Å². The van der Waals surface area contributed by atoms with Crippen LogP contribution in [0.1, 0.15) is 68.5 Å². The Morgan fingerprint density at radius 3 is 2.64 bits per heavy atom. The molecule has 3 N–H and O–H groups in total. The molecule has 1 aromatic rings. The predicted octanol–water partition coefficient (Wildman–Crippen LogP) is 3.51. The van der Waals surface area contributed by atoms with Gasteiger partial charge in [-0.05, 0) is 42.7 Å². The van der Waals surface area contributed by atoms with Crippen molar-refractivity contribution in [2.24, 2.45) is 11.7 Å². The van der Waals surface area contributed by atoms with Gasteiger partial charge in [-0.1, -0.05) is 43.5 Å². The van der Waals surface area contributed by atoms with Crippen molar-refractivity contribution in [2.75, 3.05) is 19.8 Å². The van der Waals surface area contributed by atoms with Crippen LogP contribution in [-0.4, -0.2) is 36.6 Å². The van der Waals surface area contributed by atoms with E-state index in [2.05, 4.69) is 17.4 Å². The lowest BCUT2D eigenvalue weighted by molar-refractivity contribution is -0.121. The first-order chi connectivity index (χ1) is 13.6. The summed E-state index contributed by atoms with van der Waals surface area (Å²) in [5, 5.41) is 3.06. The molecular weight excluding hydrogens is 354 g/mol. The maximum atomic E-state index is 12.0. The molecule has 1 atom stereocenters. The second kappa shape index (κ2) is 10.5. The molecule has 1 unspecified atom stereocenters. The summed E-state index contributed by atoms with van der Waals surface area (Å²) in [6.45, 7) is 3.04. The highest BCUT2D eigenvalue weighted by molar-refractivity contribution is 5.75. The molecule has 0 aliphatic carbocycles. The highest BCUT2D eigenvalue weighted by atomic mass is 16.5. The van der Waals surface area contributed by atoms with Crippen LogP contribution >= 0.6 is 0 Å². The minimum absolute atomic E-state index is 0.0940. The minimum Gasteiger partial charge on any atom is -0.381 e. The van der Waals surface area contributed by atoms with E-state index in [-0.39, 0.29) is 18.0 Å². The zero-order chi connectivity index (χ0) is 19.8. The third-order valence-electron chi connectivity index (χ3n) is 5.97. The second-order valence-corrected chi connectivity index (χ2v) is 7.99. The summed E-state index contributed by atoms with van der Waals surface area (Å²) in [6.07, 6.45) is 7.68. The van der Waals surface area contributed by atoms with Crippen LogP contribution in [0.4, 0.5) is 4.79 Å². The fourth-order valence-electron chi connectivity index (χ4n) is 4.28. The number of urea groups is 1. The second-order valence-electron chi connectivity index (χ2n) is 7.99. The Hall–Kier alpha value is -2.08. The van der Waals surface area contributed by atoms with E-state index in [9.17, 15) is 9.59 Å². The molecule has 1 saturated heterocycles. The number of hydrogen-bond acceptors (Lipinski definition) is 3. The highest BCUT2D eigenvalue weighted by Gasteiger charge is 2.31. The number of benzene rings is 1. The van der Waals surface area contributed by atoms with E-state index in [1.807, 2.05) is 12.1 Å². The van der Waals surface area contributed by atoms with Crippen molar-refractivity contribution >= 4 is 11.9 Å². The standard InChI is InChI=1S/C22H33N3O3/c23-22(27)25-16-18-7-5-6-8-19(18)20(25)9-3-1-2-4-10-21(26)24-15-17-11-13-28-14-12-17/h5-8,17,20H,1-4,9-16H2,(H2,23,27)(H,24,26). The van der Waals surface area contributed by atoms with E-state index >= 15 is 0 Å². The van der Waals surface area contributed by atoms with Crippen LogP contribution in [0.2, 0.25) is 0 Å². The van der Waals surface area contributed by atoms with Gasteiger partial charge in [0.15, 0.2) is 0 Å². The molecule has 0 saturated carbocycles. The van der Waals surface area contributed by atoms with Crippen LogP contribution < -0.4 is 11.1 Å². The number of ether oxygens (including phenoxy) is 1. The predicted molar refractivity (Wildman–Crippen MR) is 109 cm³/mol. The molecule has 3 rings (SSSR count). The molecule has 1 aromatic carbocycles. The molecule has 0 radical (unpaired) electrons. The van der Waals surface area contributed by atoms with E-state index in [1.54, 1.807) is 4.90 Å². The molecule has 2 heterocycles. The molecule has 1 fully saturated rings. The van der Waals surface area contributed by atoms with Gasteiger partial charge in [-0.15, -0.1) is 0 Å². The first-order valence-corrected chi connectivity index (χ1v) is 10.6. The number of amides is 3. The van der Waals surface area contributed by atoms with Crippen LogP contribution in [0.15, 0.2) is 24.3 Å². The summed E-state index contributed by atoms with van der Waals surface area (Å²) >= 11 is 0. The average Bonchev–Trinajstić information content (AvgIpc) is 3.09. The number of carbonyl (C=O) groups is 2. The average molecular weight is 388 g/mol. The topological polar surface area (TPSA) is 84.7 Å². The van der Waals surface area contributed by atoms with Crippen LogP contribution in [0, 0.1) is 5.92 Å². The number of unbranched alkanes of at least 4 members (excludes halogenated alkanes) is 3. The summed E-state index contributed by atoms with van der Waals surface area (Å²) in [5.74, 6) is 0.733. The maximum Gasteiger partial charge on any atom is 0.315 e. The normalized spacial score (nSPS) is 19.4. The van der Waals surface area contributed by atoms with Crippen LogP contribution in [0.25, 0.3) is 0 Å². The van der Waals surface area contributed by atoms with Gasteiger partial charge in [0.05, 0.1) is 6.04 Å². The number of primary amides is 1. The molecule has 2 aliphatic heterocycles. The number of hydrogen-bond donors (Lipinski definition) is 2. The minimum atomic E-state index is -0.345. The summed E-state index contributed by atoms with van der Waals surface area (Å²) in [4.78, 5) is 25.5. The zero-order valence-electron chi connectivity index (χ0n) is 16.7. The van der Waals surface area contributed by atoms with Crippen molar-refractivity contribution in [2.45, 2.75) is 64.0 Å². The number of fused-ring (bicyclic) bond motifs is 1. The molecule has 6 nitrogen and oxygen atoms in total. The number of nitrogens with two attached hydrogens (primary N) is 1. The third-order valence-corrected chi connectivity index (χ3v) is 5.97. The van der Waals surface area contributed by atoms with Gasteiger partial charge in [0.2, 0.25) is 5.91 Å². The first-order valence-electron chi connectivity index (χ1n) is 10.6. The summed E-state index contributed by atoms with van der Waals surface area (Å²) in [5.41, 5.74) is 8.00. The molecule has 0 aromatic heterocycles. The Labute approximate surface area is 167 Å². The van der Waals surface area contributed by atoms with Crippen molar-refractivity contribution in [3.63, 3.8) is 0 Å². The number of rotatable bonds is 9. The fraction of sp³-hybridized carbons (Fsp3) is 0.636. The maximum absolute atomic E-state index is 12.0. The molecule has 0 bridgehead atoms.